The lowest BCUT2D eigenvalue weighted by Crippen LogP contribution is -2.59. The van der Waals surface area contributed by atoms with Crippen molar-refractivity contribution in [1.82, 2.24) is 19.7 Å². The lowest BCUT2D eigenvalue weighted by Gasteiger charge is -2.65. The zero-order valence-electron chi connectivity index (χ0n) is 14.8. The van der Waals surface area contributed by atoms with Crippen LogP contribution in [0.3, 0.4) is 0 Å². The van der Waals surface area contributed by atoms with Gasteiger partial charge < -0.3 is 9.47 Å². The van der Waals surface area contributed by atoms with Crippen molar-refractivity contribution in [1.29, 1.82) is 0 Å². The fourth-order valence-electron chi connectivity index (χ4n) is 6.83. The summed E-state index contributed by atoms with van der Waals surface area (Å²) in [6.07, 6.45) is 8.90. The molecule has 2 atom stereocenters. The number of rotatable bonds is 3. The summed E-state index contributed by atoms with van der Waals surface area (Å²) in [5.41, 5.74) is 0.612. The third-order valence-corrected chi connectivity index (χ3v) is 6.61. The van der Waals surface area contributed by atoms with E-state index in [1.165, 1.54) is 19.3 Å². The van der Waals surface area contributed by atoms with Gasteiger partial charge in [0.25, 0.3) is 0 Å². The molecule has 4 bridgehead atoms. The lowest BCUT2D eigenvalue weighted by molar-refractivity contribution is -0.178. The third-order valence-electron chi connectivity index (χ3n) is 6.61. The maximum Gasteiger partial charge on any atom is 0.228 e. The van der Waals surface area contributed by atoms with Crippen molar-refractivity contribution in [3.63, 3.8) is 0 Å². The Bertz CT molecular complexity index is 633. The highest BCUT2D eigenvalue weighted by Gasteiger charge is 2.63. The van der Waals surface area contributed by atoms with Gasteiger partial charge in [0.2, 0.25) is 5.91 Å². The summed E-state index contributed by atoms with van der Waals surface area (Å²) in [6, 6.07) is 0. The predicted molar refractivity (Wildman–Crippen MR) is 87.3 cm³/mol. The van der Waals surface area contributed by atoms with Crippen molar-refractivity contribution in [3.05, 3.63) is 12.2 Å². The van der Waals surface area contributed by atoms with Crippen LogP contribution in [-0.2, 0) is 18.4 Å². The molecule has 0 saturated heterocycles. The Labute approximate surface area is 138 Å². The Hall–Kier alpha value is -1.39. The van der Waals surface area contributed by atoms with Crippen molar-refractivity contribution in [2.45, 2.75) is 58.9 Å². The summed E-state index contributed by atoms with van der Waals surface area (Å²) in [5, 5.41) is 8.05. The molecule has 4 fully saturated rings. The van der Waals surface area contributed by atoms with E-state index in [4.69, 9.17) is 0 Å². The van der Waals surface area contributed by atoms with Crippen molar-refractivity contribution in [2.75, 3.05) is 7.05 Å². The van der Waals surface area contributed by atoms with E-state index in [1.54, 1.807) is 6.33 Å². The number of nitrogens with zero attached hydrogens (tertiary/aromatic N) is 4. The van der Waals surface area contributed by atoms with Crippen molar-refractivity contribution in [3.8, 4) is 0 Å². The number of amides is 1. The highest BCUT2D eigenvalue weighted by atomic mass is 16.2. The van der Waals surface area contributed by atoms with Crippen LogP contribution in [0.5, 0.6) is 0 Å². The Balaban J connectivity index is 1.59. The van der Waals surface area contributed by atoms with E-state index in [2.05, 4.69) is 24.0 Å². The minimum absolute atomic E-state index is 0.129. The summed E-state index contributed by atoms with van der Waals surface area (Å²) in [6.45, 7) is 5.38. The molecular weight excluding hydrogens is 288 g/mol. The van der Waals surface area contributed by atoms with Gasteiger partial charge in [0, 0.05) is 14.1 Å². The molecule has 4 saturated carbocycles. The number of hydrogen-bond acceptors (Lipinski definition) is 3. The number of aryl methyl sites for hydroxylation is 1. The van der Waals surface area contributed by atoms with Gasteiger partial charge in [-0.25, -0.2) is 0 Å². The van der Waals surface area contributed by atoms with Gasteiger partial charge in [-0.1, -0.05) is 13.8 Å². The molecule has 5 rings (SSSR count). The van der Waals surface area contributed by atoms with Crippen LogP contribution in [0.2, 0.25) is 0 Å². The Morgan fingerprint density at radius 1 is 1.26 bits per heavy atom. The maximum absolute atomic E-state index is 13.4. The molecule has 1 aromatic heterocycles. The quantitative estimate of drug-likeness (QED) is 0.861. The minimum Gasteiger partial charge on any atom is -0.338 e. The highest BCUT2D eigenvalue weighted by molar-refractivity contribution is 5.83. The Kier molecular flexibility index (Phi) is 3.02. The smallest absolute Gasteiger partial charge is 0.228 e. The van der Waals surface area contributed by atoms with E-state index >= 15 is 0 Å². The van der Waals surface area contributed by atoms with Crippen molar-refractivity contribution in [2.24, 2.45) is 29.2 Å². The third kappa shape index (κ3) is 2.31. The van der Waals surface area contributed by atoms with Gasteiger partial charge in [0.1, 0.15) is 6.33 Å². The largest absolute Gasteiger partial charge is 0.338 e. The molecule has 0 radical (unpaired) electrons. The molecule has 4 aliphatic rings. The monoisotopic (exact) mass is 316 g/mol. The van der Waals surface area contributed by atoms with Gasteiger partial charge in [0.15, 0.2) is 5.82 Å². The molecule has 1 aromatic rings. The second-order valence-corrected chi connectivity index (χ2v) is 9.43. The maximum atomic E-state index is 13.4. The first-order valence-corrected chi connectivity index (χ1v) is 8.81. The van der Waals surface area contributed by atoms with Gasteiger partial charge >= 0.3 is 0 Å². The average Bonchev–Trinajstić information content (AvgIpc) is 2.79. The Morgan fingerprint density at radius 3 is 2.43 bits per heavy atom. The summed E-state index contributed by atoms with van der Waals surface area (Å²) in [4.78, 5) is 15.3. The summed E-state index contributed by atoms with van der Waals surface area (Å²) in [5.74, 6) is 1.93. The summed E-state index contributed by atoms with van der Waals surface area (Å²) in [7, 11) is 3.86. The molecular formula is C18H28N4O. The first-order chi connectivity index (χ1) is 10.7. The fraction of sp³-hybridized carbons (Fsp3) is 0.833. The lowest BCUT2D eigenvalue weighted by atomic mass is 9.40. The van der Waals surface area contributed by atoms with Crippen LogP contribution in [0.1, 0.15) is 58.2 Å². The van der Waals surface area contributed by atoms with E-state index in [0.717, 1.165) is 31.0 Å². The van der Waals surface area contributed by atoms with Gasteiger partial charge in [-0.3, -0.25) is 4.79 Å². The van der Waals surface area contributed by atoms with Crippen LogP contribution in [0.15, 0.2) is 6.33 Å². The van der Waals surface area contributed by atoms with E-state index in [-0.39, 0.29) is 5.41 Å². The normalized spacial score (nSPS) is 41.3. The van der Waals surface area contributed by atoms with Crippen molar-refractivity contribution < 1.29 is 4.79 Å². The molecule has 0 aromatic carbocycles. The topological polar surface area (TPSA) is 51.0 Å². The first kappa shape index (κ1) is 15.2. The molecule has 1 heterocycles. The van der Waals surface area contributed by atoms with Crippen LogP contribution < -0.4 is 0 Å². The van der Waals surface area contributed by atoms with E-state index in [1.807, 2.05) is 23.6 Å². The van der Waals surface area contributed by atoms with E-state index < -0.39 is 0 Å². The number of carbonyl (C=O) groups is 1. The van der Waals surface area contributed by atoms with Crippen LogP contribution in [0, 0.1) is 22.2 Å². The van der Waals surface area contributed by atoms with Crippen molar-refractivity contribution >= 4 is 5.91 Å². The number of aromatic nitrogens is 3. The highest BCUT2D eigenvalue weighted by Crippen LogP contribution is 2.69. The number of hydrogen-bond donors (Lipinski definition) is 0. The van der Waals surface area contributed by atoms with Crippen LogP contribution in [0.4, 0.5) is 0 Å². The number of carbonyl (C=O) groups excluding carboxylic acids is 1. The van der Waals surface area contributed by atoms with Gasteiger partial charge in [-0.2, -0.15) is 0 Å². The summed E-state index contributed by atoms with van der Waals surface area (Å²) < 4.78 is 1.89. The van der Waals surface area contributed by atoms with E-state index in [0.29, 0.717) is 23.3 Å². The average molecular weight is 316 g/mol. The van der Waals surface area contributed by atoms with E-state index in [9.17, 15) is 4.79 Å². The molecule has 5 nitrogen and oxygen atoms in total. The van der Waals surface area contributed by atoms with Crippen LogP contribution >= 0.6 is 0 Å². The molecule has 126 valence electrons. The fourth-order valence-corrected chi connectivity index (χ4v) is 6.83. The second kappa shape index (κ2) is 4.58. The first-order valence-electron chi connectivity index (χ1n) is 8.81. The molecule has 0 aliphatic heterocycles. The predicted octanol–water partition coefficient (Wildman–Crippen LogP) is 2.77. The molecule has 1 amide bonds. The minimum atomic E-state index is -0.129. The zero-order valence-corrected chi connectivity index (χ0v) is 14.8. The second-order valence-electron chi connectivity index (χ2n) is 9.43. The van der Waals surface area contributed by atoms with Crippen LogP contribution in [-0.4, -0.2) is 32.6 Å². The molecule has 5 heteroatoms. The molecule has 23 heavy (non-hydrogen) atoms. The molecule has 0 N–H and O–H groups in total. The Morgan fingerprint density at radius 2 is 1.91 bits per heavy atom. The molecule has 0 spiro atoms. The standard InChI is InChI=1S/C18H28N4O/c1-16-5-13-6-17(2,9-16)11-18(7-13,10-16)15(23)21(3)8-14-20-19-12-22(14)4/h12-13H,5-11H2,1-4H3. The van der Waals surface area contributed by atoms with Gasteiger partial charge in [0.05, 0.1) is 12.0 Å². The van der Waals surface area contributed by atoms with Gasteiger partial charge in [-0.15, -0.1) is 10.2 Å². The van der Waals surface area contributed by atoms with Crippen LogP contribution in [0.25, 0.3) is 0 Å². The molecule has 4 aliphatic carbocycles. The molecule has 2 unspecified atom stereocenters. The zero-order chi connectivity index (χ0) is 16.5. The van der Waals surface area contributed by atoms with Gasteiger partial charge in [-0.05, 0) is 55.3 Å². The SMILES string of the molecule is CN(Cc1nncn1C)C(=O)C12CC3CC(C)(CC(C)(C3)C1)C2. The summed E-state index contributed by atoms with van der Waals surface area (Å²) >= 11 is 0.